The summed E-state index contributed by atoms with van der Waals surface area (Å²) in [5.41, 5.74) is 2.39. The number of aliphatic carboxylic acids is 1. The number of rotatable bonds is 3. The molecule has 0 amide bonds. The highest BCUT2D eigenvalue weighted by Gasteiger charge is 2.20. The first-order valence-corrected chi connectivity index (χ1v) is 5.68. The Labute approximate surface area is 99.3 Å². The molecular weight excluding hydrogens is 276 g/mol. The molecule has 16 heavy (non-hydrogen) atoms. The van der Waals surface area contributed by atoms with E-state index < -0.39 is 12.1 Å². The zero-order valence-corrected chi connectivity index (χ0v) is 9.73. The van der Waals surface area contributed by atoms with E-state index >= 15 is 0 Å². The summed E-state index contributed by atoms with van der Waals surface area (Å²) in [6.45, 7) is 0. The lowest BCUT2D eigenvalue weighted by atomic mass is 10.0. The van der Waals surface area contributed by atoms with Gasteiger partial charge in [0.25, 0.3) is 0 Å². The molecule has 0 fully saturated rings. The van der Waals surface area contributed by atoms with Gasteiger partial charge < -0.3 is 15.2 Å². The lowest BCUT2D eigenvalue weighted by Crippen LogP contribution is -2.11. The van der Waals surface area contributed by atoms with Crippen molar-refractivity contribution in [3.8, 4) is 0 Å². The zero-order chi connectivity index (χ0) is 11.7. The average Bonchev–Trinajstić information content (AvgIpc) is 2.74. The summed E-state index contributed by atoms with van der Waals surface area (Å²) in [5.74, 6) is -1.28. The second-order valence-electron chi connectivity index (χ2n) is 3.36. The van der Waals surface area contributed by atoms with Crippen LogP contribution in [0.1, 0.15) is 17.2 Å². The van der Waals surface area contributed by atoms with E-state index in [1.807, 2.05) is 6.07 Å². The number of aromatic nitrogens is 2. The molecule has 1 unspecified atom stereocenters. The van der Waals surface area contributed by atoms with Gasteiger partial charge in [-0.3, -0.25) is 0 Å². The van der Waals surface area contributed by atoms with Crippen molar-refractivity contribution < 1.29 is 15.0 Å². The number of halogens is 1. The Balaban J connectivity index is 2.65. The molecule has 1 aromatic carbocycles. The van der Waals surface area contributed by atoms with Gasteiger partial charge in [0.1, 0.15) is 0 Å². The van der Waals surface area contributed by atoms with Crippen LogP contribution < -0.4 is 0 Å². The Kier molecular flexibility index (Phi) is 2.93. The van der Waals surface area contributed by atoms with Gasteiger partial charge in [-0.2, -0.15) is 0 Å². The van der Waals surface area contributed by atoms with Gasteiger partial charge in [0.15, 0.2) is 6.10 Å². The topological polar surface area (TPSA) is 86.2 Å². The second kappa shape index (κ2) is 4.23. The van der Waals surface area contributed by atoms with E-state index in [9.17, 15) is 9.90 Å². The Hall–Kier alpha value is -1.40. The molecule has 2 rings (SSSR count). The van der Waals surface area contributed by atoms with Crippen LogP contribution in [0.25, 0.3) is 11.0 Å². The maximum atomic E-state index is 10.8. The maximum absolute atomic E-state index is 10.8. The van der Waals surface area contributed by atoms with Crippen LogP contribution in [0.4, 0.5) is 0 Å². The van der Waals surface area contributed by atoms with E-state index in [-0.39, 0.29) is 0 Å². The Morgan fingerprint density at radius 3 is 2.94 bits per heavy atom. The number of alkyl halides is 1. The number of fused-ring (bicyclic) bond motifs is 1. The van der Waals surface area contributed by atoms with Gasteiger partial charge in [0, 0.05) is 10.9 Å². The molecule has 0 bridgehead atoms. The largest absolute Gasteiger partial charge is 0.479 e. The summed E-state index contributed by atoms with van der Waals surface area (Å²) in [5, 5.41) is 18.9. The molecule has 0 saturated carbocycles. The fourth-order valence-electron chi connectivity index (χ4n) is 1.56. The second-order valence-corrected chi connectivity index (χ2v) is 3.92. The number of imidazole rings is 1. The predicted octanol–water partition coefficient (Wildman–Crippen LogP) is 1.58. The van der Waals surface area contributed by atoms with E-state index in [1.165, 1.54) is 6.33 Å². The predicted molar refractivity (Wildman–Crippen MR) is 61.3 cm³/mol. The highest BCUT2D eigenvalue weighted by atomic mass is 79.9. The van der Waals surface area contributed by atoms with Gasteiger partial charge >= 0.3 is 5.97 Å². The first kappa shape index (κ1) is 11.1. The number of carbonyl (C=O) groups is 1. The van der Waals surface area contributed by atoms with Gasteiger partial charge in [0.2, 0.25) is 0 Å². The molecule has 0 aliphatic carbocycles. The standard InChI is InChI=1S/C10H9BrN2O3/c11-3-5-1-6(9(14)10(15)16)8-7(2-5)12-4-13-8/h1-2,4,9,14H,3H2,(H,12,13)(H,15,16). The SMILES string of the molecule is O=C(O)C(O)c1cc(CBr)cc2[nH]cnc12. The van der Waals surface area contributed by atoms with Gasteiger partial charge in [0.05, 0.1) is 17.4 Å². The molecule has 0 aliphatic rings. The number of carboxylic acids is 1. The Morgan fingerprint density at radius 1 is 1.56 bits per heavy atom. The molecular formula is C10H9BrN2O3. The first-order chi connectivity index (χ1) is 7.63. The third kappa shape index (κ3) is 1.81. The number of aliphatic hydroxyl groups is 1. The molecule has 1 heterocycles. The van der Waals surface area contributed by atoms with Crippen molar-refractivity contribution >= 4 is 32.9 Å². The minimum absolute atomic E-state index is 0.306. The third-order valence-corrected chi connectivity index (χ3v) is 2.94. The monoisotopic (exact) mass is 284 g/mol. The van der Waals surface area contributed by atoms with Crippen LogP contribution in [0.3, 0.4) is 0 Å². The summed E-state index contributed by atoms with van der Waals surface area (Å²) in [6, 6.07) is 3.49. The van der Waals surface area contributed by atoms with Crippen molar-refractivity contribution in [1.82, 2.24) is 9.97 Å². The number of hydrogen-bond acceptors (Lipinski definition) is 3. The quantitative estimate of drug-likeness (QED) is 0.747. The van der Waals surface area contributed by atoms with Crippen LogP contribution in [0.15, 0.2) is 18.5 Å². The van der Waals surface area contributed by atoms with Crippen molar-refractivity contribution in [2.75, 3.05) is 0 Å². The van der Waals surface area contributed by atoms with Crippen LogP contribution in [-0.2, 0) is 10.1 Å². The highest BCUT2D eigenvalue weighted by molar-refractivity contribution is 9.08. The van der Waals surface area contributed by atoms with Crippen molar-refractivity contribution in [2.24, 2.45) is 0 Å². The van der Waals surface area contributed by atoms with Gasteiger partial charge in [-0.1, -0.05) is 15.9 Å². The molecule has 1 aromatic heterocycles. The van der Waals surface area contributed by atoms with Crippen molar-refractivity contribution in [1.29, 1.82) is 0 Å². The minimum Gasteiger partial charge on any atom is -0.479 e. The highest BCUT2D eigenvalue weighted by Crippen LogP contribution is 2.25. The van der Waals surface area contributed by atoms with E-state index in [2.05, 4.69) is 25.9 Å². The summed E-state index contributed by atoms with van der Waals surface area (Å²) in [6.07, 6.45) is -0.0781. The molecule has 3 N–H and O–H groups in total. The molecule has 0 spiro atoms. The van der Waals surface area contributed by atoms with Crippen molar-refractivity contribution in [3.63, 3.8) is 0 Å². The maximum Gasteiger partial charge on any atom is 0.337 e. The van der Waals surface area contributed by atoms with E-state index in [4.69, 9.17) is 5.11 Å². The van der Waals surface area contributed by atoms with E-state index in [0.717, 1.165) is 5.56 Å². The van der Waals surface area contributed by atoms with Crippen molar-refractivity contribution in [2.45, 2.75) is 11.4 Å². The molecule has 0 saturated heterocycles. The molecule has 5 nitrogen and oxygen atoms in total. The number of benzene rings is 1. The summed E-state index contributed by atoms with van der Waals surface area (Å²) >= 11 is 3.29. The number of carboxylic acid groups (broad SMARTS) is 1. The van der Waals surface area contributed by atoms with Crippen LogP contribution in [0.5, 0.6) is 0 Å². The fourth-order valence-corrected chi connectivity index (χ4v) is 1.88. The minimum atomic E-state index is -1.55. The third-order valence-electron chi connectivity index (χ3n) is 2.30. The fraction of sp³-hybridized carbons (Fsp3) is 0.200. The van der Waals surface area contributed by atoms with Crippen LogP contribution in [0, 0.1) is 0 Å². The van der Waals surface area contributed by atoms with Crippen LogP contribution in [0.2, 0.25) is 0 Å². The van der Waals surface area contributed by atoms with Gasteiger partial charge in [-0.05, 0) is 17.7 Å². The van der Waals surface area contributed by atoms with E-state index in [0.29, 0.717) is 21.9 Å². The molecule has 6 heteroatoms. The Morgan fingerprint density at radius 2 is 2.31 bits per heavy atom. The molecule has 0 radical (unpaired) electrons. The zero-order valence-electron chi connectivity index (χ0n) is 8.14. The number of aromatic amines is 1. The number of nitrogens with zero attached hydrogens (tertiary/aromatic N) is 1. The summed E-state index contributed by atoms with van der Waals surface area (Å²) in [4.78, 5) is 17.7. The average molecular weight is 285 g/mol. The van der Waals surface area contributed by atoms with Gasteiger partial charge in [-0.25, -0.2) is 9.78 Å². The molecule has 84 valence electrons. The number of aliphatic hydroxyl groups excluding tert-OH is 1. The first-order valence-electron chi connectivity index (χ1n) is 4.56. The number of H-pyrrole nitrogens is 1. The normalized spacial score (nSPS) is 12.9. The smallest absolute Gasteiger partial charge is 0.337 e. The number of nitrogens with one attached hydrogen (secondary N) is 1. The summed E-state index contributed by atoms with van der Waals surface area (Å²) in [7, 11) is 0. The lowest BCUT2D eigenvalue weighted by Gasteiger charge is -2.08. The van der Waals surface area contributed by atoms with Crippen LogP contribution >= 0.6 is 15.9 Å². The number of hydrogen-bond donors (Lipinski definition) is 3. The summed E-state index contributed by atoms with van der Waals surface area (Å²) < 4.78 is 0. The molecule has 0 aliphatic heterocycles. The lowest BCUT2D eigenvalue weighted by molar-refractivity contribution is -0.146. The molecule has 1 atom stereocenters. The molecule has 2 aromatic rings. The van der Waals surface area contributed by atoms with Crippen molar-refractivity contribution in [3.05, 3.63) is 29.6 Å². The van der Waals surface area contributed by atoms with E-state index in [1.54, 1.807) is 6.07 Å². The van der Waals surface area contributed by atoms with Crippen LogP contribution in [-0.4, -0.2) is 26.2 Å². The Bertz CT molecular complexity index is 538. The van der Waals surface area contributed by atoms with Gasteiger partial charge in [-0.15, -0.1) is 0 Å².